The van der Waals surface area contributed by atoms with Gasteiger partial charge in [-0.15, -0.1) is 36.4 Å². The van der Waals surface area contributed by atoms with Crippen LogP contribution in [0.4, 0.5) is 0 Å². The first-order chi connectivity index (χ1) is 27.7. The van der Waals surface area contributed by atoms with Gasteiger partial charge in [0.15, 0.2) is 0 Å². The van der Waals surface area contributed by atoms with E-state index < -0.39 is 8.07 Å². The molecule has 0 fully saturated rings. The van der Waals surface area contributed by atoms with Gasteiger partial charge in [-0.1, -0.05) is 108 Å². The fourth-order valence-electron chi connectivity index (χ4n) is 8.01. The predicted octanol–water partition coefficient (Wildman–Crippen LogP) is 12.5. The number of aryl methyl sites for hydroxylation is 2. The quantitative estimate of drug-likeness (QED) is 0.130. The normalized spacial score (nSPS) is 11.7. The van der Waals surface area contributed by atoms with Gasteiger partial charge >= 0.3 is 0 Å². The van der Waals surface area contributed by atoms with Crippen molar-refractivity contribution in [2.75, 3.05) is 0 Å². The van der Waals surface area contributed by atoms with Crippen molar-refractivity contribution in [3.8, 4) is 28.3 Å². The third-order valence-corrected chi connectivity index (χ3v) is 12.9. The molecule has 0 atom stereocenters. The van der Waals surface area contributed by atoms with E-state index in [1.807, 2.05) is 73.8 Å². The Bertz CT molecular complexity index is 3320. The van der Waals surface area contributed by atoms with E-state index in [1.165, 1.54) is 21.5 Å². The Kier molecular flexibility index (Phi) is 9.44. The molecule has 0 aliphatic rings. The Balaban J connectivity index is 0.000000152. The molecular formula is C50H38IrN4O2Si-2. The standard InChI is InChI=1S/C29H17N2O.C21H21N2OSi.Ir/c1-2-11-21(12-3-1)31-26-16-7-6-15-25(26)30-29(31)23-14-8-13-22-24-17-19-9-4-5-10-20(19)18-27(24)32-28(22)23;1-13-11-18(22-12-19(13)25(3,4)5)17-8-6-7-15-16-10-9-14(2)23-21(16)24-20(15)17;/h1-13,15-18H;6-7,9-12H,1-5H3;/q2*-1;. The first-order valence-corrected chi connectivity index (χ1v) is 22.7. The molecule has 6 aromatic carbocycles. The van der Waals surface area contributed by atoms with Crippen LogP contribution < -0.4 is 5.19 Å². The van der Waals surface area contributed by atoms with Gasteiger partial charge in [-0.2, -0.15) is 0 Å². The molecule has 6 nitrogen and oxygen atoms in total. The molecule has 1 radical (unpaired) electrons. The zero-order valence-corrected chi connectivity index (χ0v) is 36.1. The van der Waals surface area contributed by atoms with Gasteiger partial charge in [-0.3, -0.25) is 4.98 Å². The maximum atomic E-state index is 6.45. The Morgan fingerprint density at radius 3 is 2.05 bits per heavy atom. The Hall–Kier alpha value is -6.18. The summed E-state index contributed by atoms with van der Waals surface area (Å²) in [6.07, 6.45) is 2.04. The molecule has 0 unspecified atom stereocenters. The fraction of sp³-hybridized carbons (Fsp3) is 0.100. The number of hydrogen-bond acceptors (Lipinski definition) is 5. The second-order valence-electron chi connectivity index (χ2n) is 15.6. The second-order valence-corrected chi connectivity index (χ2v) is 20.7. The molecule has 0 bridgehead atoms. The van der Waals surface area contributed by atoms with Gasteiger partial charge in [0.25, 0.3) is 0 Å². The molecule has 0 amide bonds. The molecule has 8 heteroatoms. The Morgan fingerprint density at radius 1 is 0.621 bits per heavy atom. The topological polar surface area (TPSA) is 69.9 Å². The van der Waals surface area contributed by atoms with E-state index in [4.69, 9.17) is 18.8 Å². The summed E-state index contributed by atoms with van der Waals surface area (Å²) in [4.78, 5) is 14.3. The summed E-state index contributed by atoms with van der Waals surface area (Å²) in [6, 6.07) is 52.2. The van der Waals surface area contributed by atoms with Gasteiger partial charge in [0.05, 0.1) is 36.1 Å². The van der Waals surface area contributed by atoms with Gasteiger partial charge in [0.1, 0.15) is 5.58 Å². The molecule has 11 aromatic rings. The van der Waals surface area contributed by atoms with E-state index in [0.717, 1.165) is 83.4 Å². The fourth-order valence-corrected chi connectivity index (χ4v) is 9.71. The minimum atomic E-state index is -1.39. The van der Waals surface area contributed by atoms with Crippen molar-refractivity contribution in [2.24, 2.45) is 0 Å². The number of hydrogen-bond donors (Lipinski definition) is 0. The van der Waals surface area contributed by atoms with Crippen molar-refractivity contribution in [1.82, 2.24) is 19.5 Å². The molecule has 0 saturated carbocycles. The molecule has 0 N–H and O–H groups in total. The molecule has 0 aliphatic carbocycles. The molecule has 0 spiro atoms. The number of fused-ring (bicyclic) bond motifs is 8. The van der Waals surface area contributed by atoms with Crippen molar-refractivity contribution < 1.29 is 28.9 Å². The van der Waals surface area contributed by atoms with Crippen LogP contribution in [0.5, 0.6) is 0 Å². The number of para-hydroxylation sites is 3. The van der Waals surface area contributed by atoms with Crippen molar-refractivity contribution in [2.45, 2.75) is 33.5 Å². The van der Waals surface area contributed by atoms with E-state index in [1.54, 1.807) is 0 Å². The monoisotopic (exact) mass is 947 g/mol. The maximum Gasteiger partial charge on any atom is 0.216 e. The van der Waals surface area contributed by atoms with E-state index >= 15 is 0 Å². The van der Waals surface area contributed by atoms with Crippen LogP contribution in [-0.2, 0) is 20.1 Å². The van der Waals surface area contributed by atoms with Crippen LogP contribution in [0.2, 0.25) is 19.6 Å². The zero-order chi connectivity index (χ0) is 38.8. The summed E-state index contributed by atoms with van der Waals surface area (Å²) in [5, 5.41) is 8.04. The van der Waals surface area contributed by atoms with Crippen LogP contribution in [0, 0.1) is 26.0 Å². The molecule has 58 heavy (non-hydrogen) atoms. The van der Waals surface area contributed by atoms with Gasteiger partial charge < -0.3 is 18.4 Å². The van der Waals surface area contributed by atoms with Gasteiger partial charge in [0, 0.05) is 48.5 Å². The number of furan rings is 2. The number of pyridine rings is 2. The molecule has 5 aromatic heterocycles. The third kappa shape index (κ3) is 6.44. The number of nitrogens with zero attached hydrogens (tertiary/aromatic N) is 4. The van der Waals surface area contributed by atoms with Crippen molar-refractivity contribution in [3.63, 3.8) is 0 Å². The van der Waals surface area contributed by atoms with Crippen LogP contribution in [0.1, 0.15) is 11.3 Å². The average Bonchev–Trinajstić information content (AvgIpc) is 3.91. The van der Waals surface area contributed by atoms with Gasteiger partial charge in [-0.05, 0) is 84.0 Å². The predicted molar refractivity (Wildman–Crippen MR) is 236 cm³/mol. The smallest absolute Gasteiger partial charge is 0.216 e. The van der Waals surface area contributed by atoms with Crippen LogP contribution in [0.15, 0.2) is 148 Å². The summed E-state index contributed by atoms with van der Waals surface area (Å²) in [6.45, 7) is 11.2. The third-order valence-electron chi connectivity index (χ3n) is 10.7. The van der Waals surface area contributed by atoms with Crippen molar-refractivity contribution >= 4 is 79.1 Å². The minimum Gasteiger partial charge on any atom is -0.501 e. The van der Waals surface area contributed by atoms with Crippen molar-refractivity contribution in [1.29, 1.82) is 0 Å². The average molecular weight is 947 g/mol. The van der Waals surface area contributed by atoms with Crippen molar-refractivity contribution in [3.05, 3.63) is 163 Å². The van der Waals surface area contributed by atoms with E-state index in [0.29, 0.717) is 5.71 Å². The van der Waals surface area contributed by atoms with Gasteiger partial charge in [-0.25, -0.2) is 4.98 Å². The molecule has 0 aliphatic heterocycles. The number of imidazole rings is 1. The Morgan fingerprint density at radius 2 is 1.29 bits per heavy atom. The van der Waals surface area contributed by atoms with E-state index in [-0.39, 0.29) is 20.1 Å². The molecule has 5 heterocycles. The zero-order valence-electron chi connectivity index (χ0n) is 32.7. The van der Waals surface area contributed by atoms with E-state index in [9.17, 15) is 0 Å². The minimum absolute atomic E-state index is 0. The maximum absolute atomic E-state index is 6.45. The summed E-state index contributed by atoms with van der Waals surface area (Å²) >= 11 is 0. The summed E-state index contributed by atoms with van der Waals surface area (Å²) in [5.74, 6) is 0.826. The van der Waals surface area contributed by atoms with Crippen LogP contribution in [0.25, 0.3) is 94.1 Å². The number of aromatic nitrogens is 4. The molecule has 285 valence electrons. The summed E-state index contributed by atoms with van der Waals surface area (Å²) < 4.78 is 14.7. The number of benzene rings is 6. The summed E-state index contributed by atoms with van der Waals surface area (Å²) in [7, 11) is -1.39. The molecular weight excluding hydrogens is 909 g/mol. The SMILES string of the molecule is Cc1ccc2c(n1)oc1c(-c3cc(C)c([Si](C)(C)C)cn3)[c-]ccc12.[Ir].[c-]1ccc2c(oc3cc4ccccc4cc32)c1-c1nc2ccccc2n1-c1ccccc1. The summed E-state index contributed by atoms with van der Waals surface area (Å²) in [5.41, 5.74) is 11.1. The van der Waals surface area contributed by atoms with E-state index in [2.05, 4.69) is 121 Å². The van der Waals surface area contributed by atoms with Crippen LogP contribution in [0.3, 0.4) is 0 Å². The molecule has 11 rings (SSSR count). The largest absolute Gasteiger partial charge is 0.501 e. The molecule has 0 saturated heterocycles. The van der Waals surface area contributed by atoms with Crippen LogP contribution in [-0.4, -0.2) is 27.6 Å². The number of rotatable bonds is 4. The Labute approximate surface area is 350 Å². The van der Waals surface area contributed by atoms with Gasteiger partial charge in [0.2, 0.25) is 5.71 Å². The first kappa shape index (κ1) is 37.4. The van der Waals surface area contributed by atoms with Crippen LogP contribution >= 0.6 is 0 Å². The first-order valence-electron chi connectivity index (χ1n) is 19.2. The second kappa shape index (κ2) is 14.6.